The van der Waals surface area contributed by atoms with Crippen LogP contribution in [0.3, 0.4) is 0 Å². The highest BCUT2D eigenvalue weighted by molar-refractivity contribution is 5.36. The number of rotatable bonds is 15. The van der Waals surface area contributed by atoms with E-state index >= 15 is 0 Å². The molecule has 0 spiro atoms. The first-order valence-corrected chi connectivity index (χ1v) is 11.1. The Morgan fingerprint density at radius 2 is 1.80 bits per heavy atom. The smallest absolute Gasteiger partial charge is 0.121 e. The first-order chi connectivity index (χ1) is 14.6. The molecule has 2 aromatic carbocycles. The number of ether oxygens (including phenoxy) is 1. The third kappa shape index (κ3) is 8.84. The molecule has 0 amide bonds. The minimum atomic E-state index is -0.664. The number of nitrogens with one attached hydrogen (secondary N) is 1. The van der Waals surface area contributed by atoms with Crippen LogP contribution in [0, 0.1) is 0 Å². The summed E-state index contributed by atoms with van der Waals surface area (Å²) < 4.78 is 5.74. The SMILES string of the molecule is CCC(CCCCCOCCc1ccccc1)NCC(O)c1ccc(O)c(CO)c1. The summed E-state index contributed by atoms with van der Waals surface area (Å²) >= 11 is 0. The lowest BCUT2D eigenvalue weighted by molar-refractivity contribution is 0.132. The average Bonchev–Trinajstić information content (AvgIpc) is 2.78. The lowest BCUT2D eigenvalue weighted by atomic mass is 10.0. The Kier molecular flexibility index (Phi) is 11.5. The van der Waals surface area contributed by atoms with Gasteiger partial charge in [0.1, 0.15) is 5.75 Å². The Hall–Kier alpha value is -1.92. The number of phenols is 1. The third-order valence-electron chi connectivity index (χ3n) is 5.47. The maximum absolute atomic E-state index is 10.4. The van der Waals surface area contributed by atoms with Gasteiger partial charge >= 0.3 is 0 Å². The molecule has 2 aromatic rings. The van der Waals surface area contributed by atoms with Gasteiger partial charge in [0.25, 0.3) is 0 Å². The molecule has 0 fully saturated rings. The van der Waals surface area contributed by atoms with E-state index in [-0.39, 0.29) is 12.4 Å². The molecule has 0 aliphatic carbocycles. The zero-order valence-electron chi connectivity index (χ0n) is 18.1. The standard InChI is InChI=1S/C25H37NO4/c1-2-23(26-18-25(29)21-12-13-24(28)22(17-21)19-27)11-7-4-8-15-30-16-14-20-9-5-3-6-10-20/h3,5-6,9-10,12-13,17,23,25-29H,2,4,7-8,11,14-16,18-19H2,1H3. The highest BCUT2D eigenvalue weighted by atomic mass is 16.5. The largest absolute Gasteiger partial charge is 0.508 e. The van der Waals surface area contributed by atoms with Crippen LogP contribution in [0.4, 0.5) is 0 Å². The fourth-order valence-corrected chi connectivity index (χ4v) is 3.49. The van der Waals surface area contributed by atoms with Gasteiger partial charge in [-0.05, 0) is 48.9 Å². The maximum Gasteiger partial charge on any atom is 0.121 e. The van der Waals surface area contributed by atoms with Crippen LogP contribution in [-0.2, 0) is 17.8 Å². The number of aromatic hydroxyl groups is 1. The molecule has 0 saturated carbocycles. The molecule has 0 radical (unpaired) electrons. The molecule has 30 heavy (non-hydrogen) atoms. The second-order valence-electron chi connectivity index (χ2n) is 7.77. The molecule has 0 aliphatic heterocycles. The Morgan fingerprint density at radius 3 is 2.53 bits per heavy atom. The fourth-order valence-electron chi connectivity index (χ4n) is 3.49. The second kappa shape index (κ2) is 14.1. The van der Waals surface area contributed by atoms with Crippen LogP contribution in [0.15, 0.2) is 48.5 Å². The van der Waals surface area contributed by atoms with Gasteiger partial charge in [-0.1, -0.05) is 56.2 Å². The number of hydrogen-bond acceptors (Lipinski definition) is 5. The van der Waals surface area contributed by atoms with Crippen LogP contribution < -0.4 is 5.32 Å². The second-order valence-corrected chi connectivity index (χ2v) is 7.77. The number of hydrogen-bond donors (Lipinski definition) is 4. The van der Waals surface area contributed by atoms with E-state index in [0.717, 1.165) is 51.7 Å². The summed E-state index contributed by atoms with van der Waals surface area (Å²) in [5.74, 6) is 0.0527. The van der Waals surface area contributed by atoms with E-state index in [9.17, 15) is 15.3 Å². The topological polar surface area (TPSA) is 82.0 Å². The van der Waals surface area contributed by atoms with E-state index in [2.05, 4.69) is 36.5 Å². The monoisotopic (exact) mass is 415 g/mol. The number of aliphatic hydroxyl groups excluding tert-OH is 2. The van der Waals surface area contributed by atoms with Gasteiger partial charge < -0.3 is 25.4 Å². The van der Waals surface area contributed by atoms with E-state index in [1.807, 2.05) is 6.07 Å². The first kappa shape index (κ1) is 24.4. The van der Waals surface area contributed by atoms with Crippen molar-refractivity contribution in [3.8, 4) is 5.75 Å². The predicted octanol–water partition coefficient (Wildman–Crippen LogP) is 4.11. The molecule has 0 saturated heterocycles. The van der Waals surface area contributed by atoms with Crippen molar-refractivity contribution in [1.29, 1.82) is 0 Å². The molecular formula is C25H37NO4. The summed E-state index contributed by atoms with van der Waals surface area (Å²) in [5, 5.41) is 32.8. The molecule has 2 unspecified atom stereocenters. The van der Waals surface area contributed by atoms with Crippen LogP contribution in [0.1, 0.15) is 61.8 Å². The Bertz CT molecular complexity index is 708. The predicted molar refractivity (Wildman–Crippen MR) is 121 cm³/mol. The van der Waals surface area contributed by atoms with Crippen molar-refractivity contribution < 1.29 is 20.1 Å². The highest BCUT2D eigenvalue weighted by Crippen LogP contribution is 2.22. The number of unbranched alkanes of at least 4 members (excludes halogenated alkanes) is 2. The lowest BCUT2D eigenvalue weighted by Crippen LogP contribution is -2.32. The summed E-state index contributed by atoms with van der Waals surface area (Å²) in [7, 11) is 0. The Morgan fingerprint density at radius 1 is 1.00 bits per heavy atom. The molecule has 0 heterocycles. The molecule has 5 nitrogen and oxygen atoms in total. The van der Waals surface area contributed by atoms with Crippen molar-refractivity contribution in [2.24, 2.45) is 0 Å². The van der Waals surface area contributed by atoms with Crippen LogP contribution in [0.5, 0.6) is 5.75 Å². The Labute approximate surface area is 180 Å². The summed E-state index contributed by atoms with van der Waals surface area (Å²) in [6.07, 6.45) is 5.74. The van der Waals surface area contributed by atoms with Crippen molar-refractivity contribution in [3.05, 3.63) is 65.2 Å². The normalized spacial score (nSPS) is 13.3. The summed E-state index contributed by atoms with van der Waals surface area (Å²) in [6, 6.07) is 15.6. The minimum absolute atomic E-state index is 0.0527. The van der Waals surface area contributed by atoms with Gasteiger partial charge in [-0.3, -0.25) is 0 Å². The molecular weight excluding hydrogens is 378 g/mol. The van der Waals surface area contributed by atoms with Crippen molar-refractivity contribution in [3.63, 3.8) is 0 Å². The Balaban J connectivity index is 1.56. The van der Waals surface area contributed by atoms with Crippen LogP contribution in [0.2, 0.25) is 0 Å². The molecule has 2 atom stereocenters. The van der Waals surface area contributed by atoms with Crippen LogP contribution in [0.25, 0.3) is 0 Å². The molecule has 5 heteroatoms. The van der Waals surface area contributed by atoms with E-state index in [0.29, 0.717) is 23.7 Å². The zero-order valence-corrected chi connectivity index (χ0v) is 18.1. The van der Waals surface area contributed by atoms with Gasteiger partial charge in [0.2, 0.25) is 0 Å². The molecule has 0 bridgehead atoms. The van der Waals surface area contributed by atoms with Gasteiger partial charge in [-0.25, -0.2) is 0 Å². The fraction of sp³-hybridized carbons (Fsp3) is 0.520. The van der Waals surface area contributed by atoms with E-state index in [1.54, 1.807) is 12.1 Å². The van der Waals surface area contributed by atoms with Gasteiger partial charge in [0, 0.05) is 24.8 Å². The quantitative estimate of drug-likeness (QED) is 0.329. The zero-order chi connectivity index (χ0) is 21.6. The molecule has 2 rings (SSSR count). The molecule has 4 N–H and O–H groups in total. The molecule has 0 aliphatic rings. The van der Waals surface area contributed by atoms with Crippen LogP contribution in [-0.4, -0.2) is 41.1 Å². The van der Waals surface area contributed by atoms with E-state index in [1.165, 1.54) is 11.6 Å². The van der Waals surface area contributed by atoms with E-state index < -0.39 is 6.10 Å². The average molecular weight is 416 g/mol. The van der Waals surface area contributed by atoms with Gasteiger partial charge in [0.05, 0.1) is 19.3 Å². The minimum Gasteiger partial charge on any atom is -0.508 e. The molecule has 0 aromatic heterocycles. The lowest BCUT2D eigenvalue weighted by Gasteiger charge is -2.20. The van der Waals surface area contributed by atoms with E-state index in [4.69, 9.17) is 4.74 Å². The summed E-state index contributed by atoms with van der Waals surface area (Å²) in [4.78, 5) is 0. The van der Waals surface area contributed by atoms with Crippen molar-refractivity contribution in [1.82, 2.24) is 5.32 Å². The van der Waals surface area contributed by atoms with Gasteiger partial charge in [0.15, 0.2) is 0 Å². The van der Waals surface area contributed by atoms with Crippen molar-refractivity contribution in [2.45, 2.75) is 64.2 Å². The maximum atomic E-state index is 10.4. The number of benzene rings is 2. The van der Waals surface area contributed by atoms with Crippen molar-refractivity contribution in [2.75, 3.05) is 19.8 Å². The van der Waals surface area contributed by atoms with Gasteiger partial charge in [-0.2, -0.15) is 0 Å². The number of aliphatic hydroxyl groups is 2. The van der Waals surface area contributed by atoms with Crippen LogP contribution >= 0.6 is 0 Å². The molecule has 166 valence electrons. The summed E-state index contributed by atoms with van der Waals surface area (Å²) in [5.41, 5.74) is 2.45. The van der Waals surface area contributed by atoms with Crippen molar-refractivity contribution >= 4 is 0 Å². The highest BCUT2D eigenvalue weighted by Gasteiger charge is 2.13. The first-order valence-electron chi connectivity index (χ1n) is 11.1. The summed E-state index contributed by atoms with van der Waals surface area (Å²) in [6.45, 7) is 3.95. The third-order valence-corrected chi connectivity index (χ3v) is 5.47. The van der Waals surface area contributed by atoms with Gasteiger partial charge in [-0.15, -0.1) is 0 Å².